The highest BCUT2D eigenvalue weighted by molar-refractivity contribution is 5.92. The summed E-state index contributed by atoms with van der Waals surface area (Å²) in [6.07, 6.45) is 2.37. The van der Waals surface area contributed by atoms with Crippen molar-refractivity contribution in [2.75, 3.05) is 25.0 Å². The Labute approximate surface area is 119 Å². The van der Waals surface area contributed by atoms with Gasteiger partial charge in [0.1, 0.15) is 17.4 Å². The van der Waals surface area contributed by atoms with Crippen LogP contribution in [0.25, 0.3) is 0 Å². The lowest BCUT2D eigenvalue weighted by Gasteiger charge is -2.29. The monoisotopic (exact) mass is 275 g/mol. The molecule has 1 amide bonds. The van der Waals surface area contributed by atoms with Crippen molar-refractivity contribution in [3.8, 4) is 6.07 Å². The minimum Gasteiger partial charge on any atom is -0.444 e. The van der Waals surface area contributed by atoms with Gasteiger partial charge in [0.25, 0.3) is 0 Å². The number of rotatable bonds is 3. The first-order chi connectivity index (χ1) is 9.51. The van der Waals surface area contributed by atoms with Crippen molar-refractivity contribution in [2.45, 2.75) is 33.6 Å². The standard InChI is InChI=1S/C15H21N3O2/c1-10-5-4-6-18(8-10)9-14(19)17-15-13(7-16)11(2)12(3)20-15/h10H,4-6,8-9H2,1-3H3,(H,17,19). The Balaban J connectivity index is 1.98. The molecule has 1 aromatic heterocycles. The number of furan rings is 1. The van der Waals surface area contributed by atoms with Crippen molar-refractivity contribution < 1.29 is 9.21 Å². The molecule has 2 heterocycles. The molecule has 108 valence electrons. The van der Waals surface area contributed by atoms with Gasteiger partial charge in [0.2, 0.25) is 11.8 Å². The molecule has 1 fully saturated rings. The molecule has 0 radical (unpaired) electrons. The van der Waals surface area contributed by atoms with E-state index in [-0.39, 0.29) is 11.8 Å². The van der Waals surface area contributed by atoms with Gasteiger partial charge >= 0.3 is 0 Å². The second kappa shape index (κ2) is 6.10. The van der Waals surface area contributed by atoms with Crippen LogP contribution in [0.4, 0.5) is 5.88 Å². The second-order valence-electron chi connectivity index (χ2n) is 5.63. The average Bonchev–Trinajstić information content (AvgIpc) is 2.64. The summed E-state index contributed by atoms with van der Waals surface area (Å²) in [5.41, 5.74) is 1.21. The number of hydrogen-bond acceptors (Lipinski definition) is 4. The fourth-order valence-corrected chi connectivity index (χ4v) is 2.65. The van der Waals surface area contributed by atoms with Gasteiger partial charge in [0, 0.05) is 12.1 Å². The minimum absolute atomic E-state index is 0.121. The molecule has 20 heavy (non-hydrogen) atoms. The van der Waals surface area contributed by atoms with Gasteiger partial charge in [-0.25, -0.2) is 0 Å². The summed E-state index contributed by atoms with van der Waals surface area (Å²) in [6.45, 7) is 8.08. The summed E-state index contributed by atoms with van der Waals surface area (Å²) in [5.74, 6) is 1.46. The Hall–Kier alpha value is -1.80. The van der Waals surface area contributed by atoms with Crippen LogP contribution in [0.1, 0.15) is 36.7 Å². The Morgan fingerprint density at radius 2 is 2.30 bits per heavy atom. The van der Waals surface area contributed by atoms with Gasteiger partial charge in [-0.1, -0.05) is 6.92 Å². The molecule has 5 nitrogen and oxygen atoms in total. The van der Waals surface area contributed by atoms with E-state index in [0.717, 1.165) is 25.1 Å². The van der Waals surface area contributed by atoms with Crippen LogP contribution in [0.15, 0.2) is 4.42 Å². The van der Waals surface area contributed by atoms with Crippen molar-refractivity contribution in [3.63, 3.8) is 0 Å². The topological polar surface area (TPSA) is 69.3 Å². The smallest absolute Gasteiger partial charge is 0.240 e. The molecule has 0 saturated carbocycles. The van der Waals surface area contributed by atoms with Gasteiger partial charge < -0.3 is 4.42 Å². The molecule has 0 aliphatic carbocycles. The van der Waals surface area contributed by atoms with E-state index in [1.807, 2.05) is 6.92 Å². The van der Waals surface area contributed by atoms with Gasteiger partial charge in [0.15, 0.2) is 0 Å². The van der Waals surface area contributed by atoms with Gasteiger partial charge in [-0.05, 0) is 39.2 Å². The summed E-state index contributed by atoms with van der Waals surface area (Å²) in [7, 11) is 0. The van der Waals surface area contributed by atoms with Crippen LogP contribution in [0.2, 0.25) is 0 Å². The van der Waals surface area contributed by atoms with Gasteiger partial charge in [-0.15, -0.1) is 0 Å². The van der Waals surface area contributed by atoms with E-state index in [2.05, 4.69) is 23.2 Å². The summed E-state index contributed by atoms with van der Waals surface area (Å²) in [5, 5.41) is 11.8. The van der Waals surface area contributed by atoms with Gasteiger partial charge in [-0.3, -0.25) is 15.0 Å². The van der Waals surface area contributed by atoms with E-state index in [0.29, 0.717) is 23.8 Å². The molecule has 1 aromatic rings. The lowest BCUT2D eigenvalue weighted by molar-refractivity contribution is -0.117. The van der Waals surface area contributed by atoms with E-state index in [1.54, 1.807) is 6.92 Å². The highest BCUT2D eigenvalue weighted by Crippen LogP contribution is 2.25. The molecule has 5 heteroatoms. The number of nitriles is 1. The molecule has 2 rings (SSSR count). The third-order valence-corrected chi connectivity index (χ3v) is 3.86. The molecule has 1 aliphatic rings. The van der Waals surface area contributed by atoms with Crippen LogP contribution < -0.4 is 5.32 Å². The Kier molecular flexibility index (Phi) is 4.46. The molecule has 1 saturated heterocycles. The number of nitrogens with one attached hydrogen (secondary N) is 1. The summed E-state index contributed by atoms with van der Waals surface area (Å²) < 4.78 is 5.44. The quantitative estimate of drug-likeness (QED) is 0.920. The molecular formula is C15H21N3O2. The molecule has 0 aromatic carbocycles. The first-order valence-electron chi connectivity index (χ1n) is 7.03. The van der Waals surface area contributed by atoms with Crippen molar-refractivity contribution in [2.24, 2.45) is 5.92 Å². The first kappa shape index (κ1) is 14.6. The Bertz CT molecular complexity index is 542. The maximum atomic E-state index is 12.1. The highest BCUT2D eigenvalue weighted by Gasteiger charge is 2.21. The van der Waals surface area contributed by atoms with Crippen molar-refractivity contribution >= 4 is 11.8 Å². The maximum absolute atomic E-state index is 12.1. The van der Waals surface area contributed by atoms with Crippen molar-refractivity contribution in [1.29, 1.82) is 5.26 Å². The molecular weight excluding hydrogens is 254 g/mol. The van der Waals surface area contributed by atoms with Crippen molar-refractivity contribution in [3.05, 3.63) is 16.9 Å². The third kappa shape index (κ3) is 3.20. The lowest BCUT2D eigenvalue weighted by atomic mass is 10.0. The summed E-state index contributed by atoms with van der Waals surface area (Å²) in [6, 6.07) is 2.08. The average molecular weight is 275 g/mol. The molecule has 0 bridgehead atoms. The number of carbonyl (C=O) groups excluding carboxylic acids is 1. The lowest BCUT2D eigenvalue weighted by Crippen LogP contribution is -2.39. The maximum Gasteiger partial charge on any atom is 0.240 e. The SMILES string of the molecule is Cc1oc(NC(=O)CN2CCCC(C)C2)c(C#N)c1C. The van der Waals surface area contributed by atoms with Crippen LogP contribution >= 0.6 is 0 Å². The Morgan fingerprint density at radius 3 is 2.95 bits per heavy atom. The predicted molar refractivity (Wildman–Crippen MR) is 76.4 cm³/mol. The molecule has 1 aliphatic heterocycles. The number of anilines is 1. The largest absolute Gasteiger partial charge is 0.444 e. The number of nitrogens with zero attached hydrogens (tertiary/aromatic N) is 2. The van der Waals surface area contributed by atoms with E-state index in [9.17, 15) is 4.79 Å². The van der Waals surface area contributed by atoms with Crippen molar-refractivity contribution in [1.82, 2.24) is 4.90 Å². The van der Waals surface area contributed by atoms with E-state index < -0.39 is 0 Å². The summed E-state index contributed by atoms with van der Waals surface area (Å²) in [4.78, 5) is 14.2. The van der Waals surface area contributed by atoms with Crippen LogP contribution in [0, 0.1) is 31.1 Å². The van der Waals surface area contributed by atoms with Crippen LogP contribution in [-0.2, 0) is 4.79 Å². The molecule has 1 unspecified atom stereocenters. The van der Waals surface area contributed by atoms with Gasteiger partial charge in [0.05, 0.1) is 6.54 Å². The normalized spacial score (nSPS) is 19.6. The molecule has 1 atom stereocenters. The van der Waals surface area contributed by atoms with Crippen LogP contribution in [0.5, 0.6) is 0 Å². The van der Waals surface area contributed by atoms with E-state index >= 15 is 0 Å². The minimum atomic E-state index is -0.121. The zero-order chi connectivity index (χ0) is 14.7. The highest BCUT2D eigenvalue weighted by atomic mass is 16.4. The zero-order valence-corrected chi connectivity index (χ0v) is 12.3. The number of amides is 1. The zero-order valence-electron chi connectivity index (χ0n) is 12.3. The van der Waals surface area contributed by atoms with Gasteiger partial charge in [-0.2, -0.15) is 5.26 Å². The fourth-order valence-electron chi connectivity index (χ4n) is 2.65. The summed E-state index contributed by atoms with van der Waals surface area (Å²) >= 11 is 0. The number of piperidine rings is 1. The number of carbonyl (C=O) groups is 1. The number of hydrogen-bond donors (Lipinski definition) is 1. The Morgan fingerprint density at radius 1 is 1.55 bits per heavy atom. The van der Waals surface area contributed by atoms with Crippen LogP contribution in [0.3, 0.4) is 0 Å². The molecule has 1 N–H and O–H groups in total. The van der Waals surface area contributed by atoms with Crippen LogP contribution in [-0.4, -0.2) is 30.4 Å². The third-order valence-electron chi connectivity index (χ3n) is 3.86. The van der Waals surface area contributed by atoms with E-state index in [4.69, 9.17) is 9.68 Å². The first-order valence-corrected chi connectivity index (χ1v) is 7.03. The second-order valence-corrected chi connectivity index (χ2v) is 5.63. The molecule has 0 spiro atoms. The van der Waals surface area contributed by atoms with E-state index in [1.165, 1.54) is 6.42 Å². The number of aryl methyl sites for hydroxylation is 1. The fraction of sp³-hybridized carbons (Fsp3) is 0.600. The number of likely N-dealkylation sites (tertiary alicyclic amines) is 1. The predicted octanol–water partition coefficient (Wildman–Crippen LogP) is 2.44.